The highest BCUT2D eigenvalue weighted by Crippen LogP contribution is 2.30. The van der Waals surface area contributed by atoms with Crippen LogP contribution in [0.4, 0.5) is 8.78 Å². The molecule has 13 heteroatoms. The van der Waals surface area contributed by atoms with Crippen LogP contribution in [0.2, 0.25) is 0 Å². The van der Waals surface area contributed by atoms with E-state index in [2.05, 4.69) is 56.2 Å². The van der Waals surface area contributed by atoms with Crippen LogP contribution in [0.3, 0.4) is 0 Å². The summed E-state index contributed by atoms with van der Waals surface area (Å²) in [7, 11) is 0. The Morgan fingerprint density at radius 1 is 0.962 bits per heavy atom. The molecule has 1 saturated carbocycles. The Bertz CT molecular complexity index is 2250. The number of rotatable bonds is 7. The Hall–Kier alpha value is -5.40. The summed E-state index contributed by atoms with van der Waals surface area (Å²) < 4.78 is 30.9. The largest absolute Gasteiger partial charge is 0.356 e. The highest BCUT2D eigenvalue weighted by molar-refractivity contribution is 5.93. The summed E-state index contributed by atoms with van der Waals surface area (Å²) >= 11 is 0. The molecule has 1 atom stereocenters. The molecule has 0 bridgehead atoms. The number of hydrogen-bond donors (Lipinski definition) is 3. The van der Waals surface area contributed by atoms with Crippen LogP contribution in [0.1, 0.15) is 42.9 Å². The number of allylic oxidation sites excluding steroid dienone is 2. The lowest BCUT2D eigenvalue weighted by Crippen LogP contribution is -2.46. The fraction of sp³-hybridized carbons (Fsp3) is 0.333. The second kappa shape index (κ2) is 14.0. The first-order valence-corrected chi connectivity index (χ1v) is 17.8. The molecule has 2 aromatic carbocycles. The van der Waals surface area contributed by atoms with Crippen molar-refractivity contribution in [2.45, 2.75) is 57.4 Å². The fourth-order valence-electron chi connectivity index (χ4n) is 7.73. The third kappa shape index (κ3) is 6.69. The third-order valence-corrected chi connectivity index (χ3v) is 10.4. The smallest absolute Gasteiger partial charge is 0.337 e. The SMILES string of the molecule is Cc1cc(-c2ccc(CN3CCNCC3)cc2)cc(-n2c(=O)n([C@H]3CC[C@@H](NC(=O)C4=CN5C=C(F)C=CC5N4)CC3)c(=O)c3cc(F)cnc32)c1. The number of benzene rings is 2. The van der Waals surface area contributed by atoms with E-state index in [1.807, 2.05) is 19.1 Å². The molecule has 3 aliphatic heterocycles. The van der Waals surface area contributed by atoms with Crippen molar-refractivity contribution in [3.63, 3.8) is 0 Å². The Labute approximate surface area is 298 Å². The molecule has 52 heavy (non-hydrogen) atoms. The number of carbonyl (C=O) groups excluding carboxylic acids is 1. The van der Waals surface area contributed by atoms with Crippen molar-refractivity contribution >= 4 is 16.9 Å². The number of fused-ring (bicyclic) bond motifs is 2. The molecule has 5 heterocycles. The van der Waals surface area contributed by atoms with Gasteiger partial charge in [0.25, 0.3) is 11.5 Å². The maximum atomic E-state index is 14.6. The Kier molecular flexibility index (Phi) is 9.06. The van der Waals surface area contributed by atoms with Gasteiger partial charge >= 0.3 is 5.69 Å². The lowest BCUT2D eigenvalue weighted by molar-refractivity contribution is -0.118. The summed E-state index contributed by atoms with van der Waals surface area (Å²) in [6.07, 6.45) is 8.52. The minimum atomic E-state index is -0.668. The zero-order valence-electron chi connectivity index (χ0n) is 28.8. The molecule has 1 unspecified atom stereocenters. The number of pyridine rings is 1. The van der Waals surface area contributed by atoms with Crippen molar-refractivity contribution in [1.29, 1.82) is 0 Å². The number of halogens is 2. The number of piperazine rings is 1. The minimum absolute atomic E-state index is 0.0191. The molecule has 1 amide bonds. The second-order valence-corrected chi connectivity index (χ2v) is 14.0. The molecular formula is C39H40F2N8O3. The average Bonchev–Trinajstić information content (AvgIpc) is 3.57. The average molecular weight is 707 g/mol. The van der Waals surface area contributed by atoms with Gasteiger partial charge in [-0.3, -0.25) is 19.1 Å². The van der Waals surface area contributed by atoms with Crippen LogP contribution in [0.25, 0.3) is 27.8 Å². The van der Waals surface area contributed by atoms with E-state index in [-0.39, 0.29) is 29.1 Å². The van der Waals surface area contributed by atoms with E-state index in [9.17, 15) is 23.2 Å². The zero-order valence-corrected chi connectivity index (χ0v) is 28.8. The molecule has 0 radical (unpaired) electrons. The molecule has 11 nitrogen and oxygen atoms in total. The van der Waals surface area contributed by atoms with Crippen LogP contribution < -0.4 is 27.2 Å². The summed E-state index contributed by atoms with van der Waals surface area (Å²) in [4.78, 5) is 49.7. The van der Waals surface area contributed by atoms with Crippen LogP contribution in [0.15, 0.2) is 100 Å². The molecule has 1 saturated heterocycles. The summed E-state index contributed by atoms with van der Waals surface area (Å²) in [5.41, 5.74) is 3.84. The van der Waals surface area contributed by atoms with E-state index < -0.39 is 28.9 Å². The van der Waals surface area contributed by atoms with Crippen LogP contribution in [-0.4, -0.2) is 68.2 Å². The number of carbonyl (C=O) groups is 1. The monoisotopic (exact) mass is 706 g/mol. The van der Waals surface area contributed by atoms with E-state index in [4.69, 9.17) is 0 Å². The lowest BCUT2D eigenvalue weighted by atomic mass is 9.90. The van der Waals surface area contributed by atoms with Gasteiger partial charge in [0, 0.05) is 57.2 Å². The van der Waals surface area contributed by atoms with Gasteiger partial charge < -0.3 is 20.9 Å². The van der Waals surface area contributed by atoms with Crippen LogP contribution in [-0.2, 0) is 11.3 Å². The minimum Gasteiger partial charge on any atom is -0.356 e. The molecule has 4 aromatic rings. The summed E-state index contributed by atoms with van der Waals surface area (Å²) in [5, 5.41) is 9.52. The standard InChI is InChI=1S/C39H40F2N8O3/c1-24-16-27(26-4-2-25(3-5-26)21-46-14-12-42-13-15-46)18-32(17-24)48-36-33(19-29(41)20-43-36)38(51)49(39(48)52)31-9-7-30(8-10-31)44-37(50)34-23-47-22-28(40)6-11-35(47)45-34/h2-6,11,16-20,22-23,30-31,35,42,45H,7-10,12-15,21H2,1H3,(H,44,50)/t30-,31+,35?. The van der Waals surface area contributed by atoms with E-state index in [0.29, 0.717) is 37.1 Å². The summed E-state index contributed by atoms with van der Waals surface area (Å²) in [5.74, 6) is -1.38. The van der Waals surface area contributed by atoms with Gasteiger partial charge in [0.05, 0.1) is 17.3 Å². The van der Waals surface area contributed by atoms with Crippen molar-refractivity contribution < 1.29 is 13.6 Å². The van der Waals surface area contributed by atoms with E-state index in [1.165, 1.54) is 27.0 Å². The zero-order chi connectivity index (χ0) is 35.9. The van der Waals surface area contributed by atoms with Crippen molar-refractivity contribution in [2.24, 2.45) is 0 Å². The maximum Gasteiger partial charge on any atom is 0.337 e. The predicted octanol–water partition coefficient (Wildman–Crippen LogP) is 4.12. The third-order valence-electron chi connectivity index (χ3n) is 10.4. The highest BCUT2D eigenvalue weighted by atomic mass is 19.1. The number of aryl methyl sites for hydroxylation is 1. The van der Waals surface area contributed by atoms with Gasteiger partial charge in [0.1, 0.15) is 23.5 Å². The van der Waals surface area contributed by atoms with Crippen molar-refractivity contribution in [1.82, 2.24) is 39.9 Å². The molecule has 3 N–H and O–H groups in total. The van der Waals surface area contributed by atoms with Gasteiger partial charge in [-0.05, 0) is 85.2 Å². The molecule has 2 fully saturated rings. The first-order valence-electron chi connectivity index (χ1n) is 17.8. The summed E-state index contributed by atoms with van der Waals surface area (Å²) in [6, 6.07) is 14.7. The van der Waals surface area contributed by atoms with Crippen LogP contribution in [0.5, 0.6) is 0 Å². The van der Waals surface area contributed by atoms with Gasteiger partial charge in [0.15, 0.2) is 5.65 Å². The van der Waals surface area contributed by atoms with Crippen molar-refractivity contribution in [3.05, 3.63) is 129 Å². The molecule has 268 valence electrons. The van der Waals surface area contributed by atoms with Crippen LogP contribution in [0, 0.1) is 12.7 Å². The van der Waals surface area contributed by atoms with Crippen molar-refractivity contribution in [2.75, 3.05) is 26.2 Å². The van der Waals surface area contributed by atoms with Crippen LogP contribution >= 0.6 is 0 Å². The first kappa shape index (κ1) is 33.7. The fourth-order valence-corrected chi connectivity index (χ4v) is 7.73. The van der Waals surface area contributed by atoms with Gasteiger partial charge in [-0.2, -0.15) is 0 Å². The number of amides is 1. The Balaban J connectivity index is 1.06. The number of aromatic nitrogens is 3. The molecule has 4 aliphatic rings. The second-order valence-electron chi connectivity index (χ2n) is 14.0. The molecule has 8 rings (SSSR count). The predicted molar refractivity (Wildman–Crippen MR) is 194 cm³/mol. The molecule has 1 aliphatic carbocycles. The molecule has 2 aromatic heterocycles. The lowest BCUT2D eigenvalue weighted by Gasteiger charge is -2.30. The Morgan fingerprint density at radius 2 is 1.73 bits per heavy atom. The topological polar surface area (TPSA) is 117 Å². The Morgan fingerprint density at radius 3 is 2.50 bits per heavy atom. The number of nitrogens with zero attached hydrogens (tertiary/aromatic N) is 5. The first-order chi connectivity index (χ1) is 25.2. The molecule has 0 spiro atoms. The van der Waals surface area contributed by atoms with Gasteiger partial charge in [-0.1, -0.05) is 30.3 Å². The quantitative estimate of drug-likeness (QED) is 0.263. The van der Waals surface area contributed by atoms with E-state index in [0.717, 1.165) is 61.7 Å². The van der Waals surface area contributed by atoms with Gasteiger partial charge in [-0.25, -0.2) is 23.1 Å². The highest BCUT2D eigenvalue weighted by Gasteiger charge is 2.31. The number of hydrogen-bond acceptors (Lipinski definition) is 8. The van der Waals surface area contributed by atoms with E-state index >= 15 is 0 Å². The molecular weight excluding hydrogens is 666 g/mol. The normalized spacial score (nSPS) is 21.8. The van der Waals surface area contributed by atoms with Gasteiger partial charge in [-0.15, -0.1) is 0 Å². The number of nitrogens with one attached hydrogen (secondary N) is 3. The van der Waals surface area contributed by atoms with Crippen molar-refractivity contribution in [3.8, 4) is 16.8 Å². The van der Waals surface area contributed by atoms with Gasteiger partial charge in [0.2, 0.25) is 0 Å². The maximum absolute atomic E-state index is 14.6. The summed E-state index contributed by atoms with van der Waals surface area (Å²) in [6.45, 7) is 6.84. The van der Waals surface area contributed by atoms with E-state index in [1.54, 1.807) is 17.2 Å².